The number of amides is 1. The van der Waals surface area contributed by atoms with Gasteiger partial charge in [-0.05, 0) is 56.0 Å². The Morgan fingerprint density at radius 3 is 2.62 bits per heavy atom. The molecule has 4 rings (SSSR count). The number of carbonyl (C=O) groups is 1. The average molecular weight is 454 g/mol. The Labute approximate surface area is 179 Å². The lowest BCUT2D eigenvalue weighted by Gasteiger charge is -2.15. The molecule has 3 aromatic rings. The summed E-state index contributed by atoms with van der Waals surface area (Å²) in [7, 11) is 0. The van der Waals surface area contributed by atoms with E-state index in [1.807, 2.05) is 36.9 Å². The third-order valence-corrected chi connectivity index (χ3v) is 5.84. The lowest BCUT2D eigenvalue weighted by molar-refractivity contribution is -0.124. The number of allylic oxidation sites excluding steroid dienone is 1. The Hall–Kier alpha value is -2.53. The van der Waals surface area contributed by atoms with Gasteiger partial charge in [-0.15, -0.1) is 0 Å². The molecule has 0 spiro atoms. The van der Waals surface area contributed by atoms with E-state index < -0.39 is 0 Å². The van der Waals surface area contributed by atoms with E-state index in [-0.39, 0.29) is 5.91 Å². The number of furan rings is 1. The molecule has 2 aromatic carbocycles. The van der Waals surface area contributed by atoms with Crippen molar-refractivity contribution in [3.8, 4) is 16.9 Å². The number of hydrogen-bond acceptors (Lipinski definition) is 3. The summed E-state index contributed by atoms with van der Waals surface area (Å²) in [5, 5.41) is 1.01. The summed E-state index contributed by atoms with van der Waals surface area (Å²) >= 11 is 3.48. The van der Waals surface area contributed by atoms with E-state index in [1.165, 1.54) is 0 Å². The predicted octanol–water partition coefficient (Wildman–Crippen LogP) is 6.29. The zero-order valence-corrected chi connectivity index (χ0v) is 18.3. The van der Waals surface area contributed by atoms with Gasteiger partial charge in [0.15, 0.2) is 0 Å². The molecule has 0 aliphatic carbocycles. The van der Waals surface area contributed by atoms with Crippen LogP contribution in [-0.4, -0.2) is 30.5 Å². The SMILES string of the molecule is CCOc1cc2occ(-c3ccc(Br)cc3)c2cc1/C(C)=C/C(=O)N1CCCC1. The molecule has 1 fully saturated rings. The number of carbonyl (C=O) groups excluding carboxylic acids is 1. The molecule has 0 unspecified atom stereocenters. The summed E-state index contributed by atoms with van der Waals surface area (Å²) in [4.78, 5) is 14.5. The summed E-state index contributed by atoms with van der Waals surface area (Å²) in [6.45, 7) is 6.16. The zero-order valence-electron chi connectivity index (χ0n) is 16.7. The lowest BCUT2D eigenvalue weighted by atomic mass is 9.99. The number of ether oxygens (including phenoxy) is 1. The second-order valence-corrected chi connectivity index (χ2v) is 8.21. The van der Waals surface area contributed by atoms with Crippen molar-refractivity contribution < 1.29 is 13.9 Å². The van der Waals surface area contributed by atoms with Gasteiger partial charge in [-0.2, -0.15) is 0 Å². The van der Waals surface area contributed by atoms with Gasteiger partial charge in [0, 0.05) is 46.2 Å². The van der Waals surface area contributed by atoms with Crippen LogP contribution < -0.4 is 4.74 Å². The van der Waals surface area contributed by atoms with Gasteiger partial charge >= 0.3 is 0 Å². The summed E-state index contributed by atoms with van der Waals surface area (Å²) in [6.07, 6.45) is 5.68. The van der Waals surface area contributed by atoms with E-state index in [1.54, 1.807) is 12.3 Å². The molecule has 0 atom stereocenters. The minimum absolute atomic E-state index is 0.0721. The lowest BCUT2D eigenvalue weighted by Crippen LogP contribution is -2.25. The normalized spacial score (nSPS) is 14.6. The van der Waals surface area contributed by atoms with Gasteiger partial charge in [-0.1, -0.05) is 28.1 Å². The number of hydrogen-bond donors (Lipinski definition) is 0. The van der Waals surface area contributed by atoms with Gasteiger partial charge in [-0.25, -0.2) is 0 Å². The van der Waals surface area contributed by atoms with Crippen molar-refractivity contribution in [3.05, 3.63) is 58.8 Å². The van der Waals surface area contributed by atoms with Gasteiger partial charge in [0.1, 0.15) is 11.3 Å². The van der Waals surface area contributed by atoms with Crippen molar-refractivity contribution in [3.63, 3.8) is 0 Å². The van der Waals surface area contributed by atoms with Crippen molar-refractivity contribution in [1.29, 1.82) is 0 Å². The molecule has 1 amide bonds. The molecule has 4 nitrogen and oxygen atoms in total. The van der Waals surface area contributed by atoms with Crippen molar-refractivity contribution in [1.82, 2.24) is 4.90 Å². The van der Waals surface area contributed by atoms with E-state index in [0.29, 0.717) is 6.61 Å². The minimum atomic E-state index is 0.0721. The third-order valence-electron chi connectivity index (χ3n) is 5.31. The van der Waals surface area contributed by atoms with Gasteiger partial charge in [0.25, 0.3) is 0 Å². The fourth-order valence-corrected chi connectivity index (χ4v) is 4.05. The van der Waals surface area contributed by atoms with Gasteiger partial charge < -0.3 is 14.1 Å². The fraction of sp³-hybridized carbons (Fsp3) is 0.292. The molecule has 5 heteroatoms. The van der Waals surface area contributed by atoms with Crippen molar-refractivity contribution in [2.45, 2.75) is 26.7 Å². The number of likely N-dealkylation sites (tertiary alicyclic amines) is 1. The van der Waals surface area contributed by atoms with Gasteiger partial charge in [0.2, 0.25) is 5.91 Å². The van der Waals surface area contributed by atoms with Crippen LogP contribution in [0.5, 0.6) is 5.75 Å². The maximum Gasteiger partial charge on any atom is 0.246 e. The zero-order chi connectivity index (χ0) is 20.4. The van der Waals surface area contributed by atoms with Crippen LogP contribution in [0.2, 0.25) is 0 Å². The summed E-state index contributed by atoms with van der Waals surface area (Å²) in [6, 6.07) is 12.2. The van der Waals surface area contributed by atoms with Crippen LogP contribution in [0, 0.1) is 0 Å². The second-order valence-electron chi connectivity index (χ2n) is 7.29. The predicted molar refractivity (Wildman–Crippen MR) is 120 cm³/mol. The highest BCUT2D eigenvalue weighted by Gasteiger charge is 2.18. The van der Waals surface area contributed by atoms with Crippen LogP contribution in [0.25, 0.3) is 27.7 Å². The van der Waals surface area contributed by atoms with Crippen LogP contribution in [0.4, 0.5) is 0 Å². The molecular formula is C24H24BrNO3. The molecule has 1 aliphatic rings. The van der Waals surface area contributed by atoms with Crippen molar-refractivity contribution in [2.24, 2.45) is 0 Å². The molecule has 1 aliphatic heterocycles. The van der Waals surface area contributed by atoms with Crippen LogP contribution in [-0.2, 0) is 4.79 Å². The molecule has 1 saturated heterocycles. The number of benzene rings is 2. The molecule has 29 heavy (non-hydrogen) atoms. The fourth-order valence-electron chi connectivity index (χ4n) is 3.78. The Morgan fingerprint density at radius 2 is 1.93 bits per heavy atom. The van der Waals surface area contributed by atoms with Gasteiger partial charge in [-0.3, -0.25) is 4.79 Å². The first-order chi connectivity index (χ1) is 14.1. The van der Waals surface area contributed by atoms with E-state index in [9.17, 15) is 4.79 Å². The molecule has 0 N–H and O–H groups in total. The highest BCUT2D eigenvalue weighted by Crippen LogP contribution is 2.37. The molecular weight excluding hydrogens is 430 g/mol. The van der Waals surface area contributed by atoms with Crippen LogP contribution in [0.1, 0.15) is 32.3 Å². The monoisotopic (exact) mass is 453 g/mol. The quantitative estimate of drug-likeness (QED) is 0.426. The molecule has 1 aromatic heterocycles. The van der Waals surface area contributed by atoms with Crippen molar-refractivity contribution >= 4 is 38.4 Å². The van der Waals surface area contributed by atoms with E-state index >= 15 is 0 Å². The summed E-state index contributed by atoms with van der Waals surface area (Å²) < 4.78 is 12.7. The van der Waals surface area contributed by atoms with Crippen molar-refractivity contribution in [2.75, 3.05) is 19.7 Å². The van der Waals surface area contributed by atoms with E-state index in [4.69, 9.17) is 9.15 Å². The maximum absolute atomic E-state index is 12.6. The van der Waals surface area contributed by atoms with Crippen LogP contribution in [0.15, 0.2) is 57.6 Å². The number of halogens is 1. The number of fused-ring (bicyclic) bond motifs is 1. The maximum atomic E-state index is 12.6. The highest BCUT2D eigenvalue weighted by molar-refractivity contribution is 9.10. The second kappa shape index (κ2) is 8.46. The standard InChI is InChI=1S/C24H24BrNO3/c1-3-28-22-14-23-20(21(15-29-23)17-6-8-18(25)9-7-17)13-19(22)16(2)12-24(27)26-10-4-5-11-26/h6-9,12-15H,3-5,10-11H2,1-2H3/b16-12+. The first-order valence-corrected chi connectivity index (χ1v) is 10.8. The minimum Gasteiger partial charge on any atom is -0.493 e. The smallest absolute Gasteiger partial charge is 0.246 e. The number of rotatable bonds is 5. The molecule has 2 heterocycles. The van der Waals surface area contributed by atoms with E-state index in [2.05, 4.69) is 34.1 Å². The van der Waals surface area contributed by atoms with E-state index in [0.717, 1.165) is 69.4 Å². The van der Waals surface area contributed by atoms with Crippen LogP contribution in [0.3, 0.4) is 0 Å². The Balaban J connectivity index is 1.78. The average Bonchev–Trinajstić information content (AvgIpc) is 3.38. The summed E-state index contributed by atoms with van der Waals surface area (Å²) in [5.74, 6) is 0.808. The van der Waals surface area contributed by atoms with Gasteiger partial charge in [0.05, 0.1) is 12.9 Å². The largest absolute Gasteiger partial charge is 0.493 e. The van der Waals surface area contributed by atoms with Crippen LogP contribution >= 0.6 is 15.9 Å². The highest BCUT2D eigenvalue weighted by atomic mass is 79.9. The Kier molecular flexibility index (Phi) is 5.76. The molecule has 0 radical (unpaired) electrons. The summed E-state index contributed by atoms with van der Waals surface area (Å²) in [5.41, 5.74) is 4.70. The number of nitrogens with zero attached hydrogens (tertiary/aromatic N) is 1. The first kappa shape index (κ1) is 19.8. The molecule has 0 bridgehead atoms. The topological polar surface area (TPSA) is 42.7 Å². The Bertz CT molecular complexity index is 1060. The molecule has 150 valence electrons. The Morgan fingerprint density at radius 1 is 1.21 bits per heavy atom. The first-order valence-electron chi connectivity index (χ1n) is 9.98. The third kappa shape index (κ3) is 4.10. The molecule has 0 saturated carbocycles.